The Morgan fingerprint density at radius 1 is 1.09 bits per heavy atom. The van der Waals surface area contributed by atoms with Crippen molar-refractivity contribution in [3.8, 4) is 11.3 Å². The van der Waals surface area contributed by atoms with Crippen LogP contribution in [0.3, 0.4) is 0 Å². The van der Waals surface area contributed by atoms with E-state index in [1.54, 1.807) is 0 Å². The first kappa shape index (κ1) is 22.4. The highest BCUT2D eigenvalue weighted by molar-refractivity contribution is 5.82. The van der Waals surface area contributed by atoms with Crippen LogP contribution in [0.15, 0.2) is 42.6 Å². The number of aromatic nitrogens is 5. The summed E-state index contributed by atoms with van der Waals surface area (Å²) in [5, 5.41) is 25.1. The molecule has 2 aliphatic heterocycles. The number of aryl methyl sites for hydroxylation is 3. The molecule has 35 heavy (non-hydrogen) atoms. The van der Waals surface area contributed by atoms with Crippen LogP contribution < -0.4 is 5.32 Å². The van der Waals surface area contributed by atoms with Gasteiger partial charge in [0.1, 0.15) is 0 Å². The van der Waals surface area contributed by atoms with Crippen LogP contribution >= 0.6 is 0 Å². The Morgan fingerprint density at radius 2 is 1.89 bits per heavy atom. The number of benzene rings is 1. The van der Waals surface area contributed by atoms with Gasteiger partial charge in [-0.05, 0) is 51.8 Å². The smallest absolute Gasteiger partial charge is 0.163 e. The molecule has 1 fully saturated rings. The van der Waals surface area contributed by atoms with E-state index in [2.05, 4.69) is 57.0 Å². The standard InChI is InChI=1S/C27H33N7O/c1-17(25-18(2)30-32(4)19(25)3)29-26(35)33-11-9-27(16-33)10-12-34-24(27)14-23(31-34)21-13-20-7-5-6-8-22(20)28-15-21/h5-8,13-15,17,26,29,35H,9-12,16H2,1-4H3. The van der Waals surface area contributed by atoms with Gasteiger partial charge in [-0.15, -0.1) is 0 Å². The van der Waals surface area contributed by atoms with Crippen LogP contribution in [0.5, 0.6) is 0 Å². The number of aliphatic hydroxyl groups excluding tert-OH is 1. The molecular formula is C27H33N7O. The first-order valence-electron chi connectivity index (χ1n) is 12.5. The first-order valence-corrected chi connectivity index (χ1v) is 12.5. The van der Waals surface area contributed by atoms with Gasteiger partial charge in [-0.1, -0.05) is 18.2 Å². The van der Waals surface area contributed by atoms with Crippen molar-refractivity contribution in [1.82, 2.24) is 34.8 Å². The highest BCUT2D eigenvalue weighted by Gasteiger charge is 2.47. The molecule has 3 aromatic heterocycles. The third-order valence-electron chi connectivity index (χ3n) is 8.14. The van der Waals surface area contributed by atoms with Gasteiger partial charge in [0, 0.05) is 72.2 Å². The lowest BCUT2D eigenvalue weighted by Crippen LogP contribution is -2.46. The van der Waals surface area contributed by atoms with Crippen molar-refractivity contribution in [3.63, 3.8) is 0 Å². The zero-order valence-corrected chi connectivity index (χ0v) is 20.9. The van der Waals surface area contributed by atoms with E-state index < -0.39 is 6.35 Å². The van der Waals surface area contributed by atoms with E-state index >= 15 is 0 Å². The predicted octanol–water partition coefficient (Wildman–Crippen LogP) is 3.42. The minimum Gasteiger partial charge on any atom is -0.365 e. The van der Waals surface area contributed by atoms with Gasteiger partial charge in [0.2, 0.25) is 0 Å². The summed E-state index contributed by atoms with van der Waals surface area (Å²) in [7, 11) is 1.96. The van der Waals surface area contributed by atoms with E-state index in [-0.39, 0.29) is 11.5 Å². The van der Waals surface area contributed by atoms with E-state index in [4.69, 9.17) is 5.10 Å². The highest BCUT2D eigenvalue weighted by Crippen LogP contribution is 2.44. The third-order valence-corrected chi connectivity index (χ3v) is 8.14. The van der Waals surface area contributed by atoms with E-state index in [1.165, 1.54) is 5.69 Å². The van der Waals surface area contributed by atoms with Crippen LogP contribution in [0.25, 0.3) is 22.2 Å². The molecule has 3 unspecified atom stereocenters. The van der Waals surface area contributed by atoms with E-state index in [9.17, 15) is 5.11 Å². The molecule has 3 atom stereocenters. The lowest BCUT2D eigenvalue weighted by Gasteiger charge is -2.29. The summed E-state index contributed by atoms with van der Waals surface area (Å²) in [5.41, 5.74) is 7.63. The molecule has 0 saturated carbocycles. The van der Waals surface area contributed by atoms with Crippen LogP contribution in [0.1, 0.15) is 48.5 Å². The summed E-state index contributed by atoms with van der Waals surface area (Å²) in [6.45, 7) is 8.79. The fourth-order valence-electron chi connectivity index (χ4n) is 6.17. The Bertz CT molecular complexity index is 1410. The molecule has 8 nitrogen and oxygen atoms in total. The Labute approximate surface area is 205 Å². The summed E-state index contributed by atoms with van der Waals surface area (Å²) in [5.74, 6) is 0. The number of hydrogen-bond donors (Lipinski definition) is 2. The molecule has 6 rings (SSSR count). The molecule has 2 aliphatic rings. The Hall–Kier alpha value is -3.07. The normalized spacial score (nSPS) is 21.7. The van der Waals surface area contributed by atoms with Crippen LogP contribution in [0.2, 0.25) is 0 Å². The van der Waals surface area contributed by atoms with Gasteiger partial charge in [-0.3, -0.25) is 24.6 Å². The van der Waals surface area contributed by atoms with Crippen LogP contribution in [0.4, 0.5) is 0 Å². The number of nitrogens with zero attached hydrogens (tertiary/aromatic N) is 6. The van der Waals surface area contributed by atoms with Crippen molar-refractivity contribution >= 4 is 10.9 Å². The number of nitrogens with one attached hydrogen (secondary N) is 1. The molecule has 4 aromatic rings. The van der Waals surface area contributed by atoms with Gasteiger partial charge in [-0.2, -0.15) is 10.2 Å². The Balaban J connectivity index is 1.20. The SMILES string of the molecule is Cc1nn(C)c(C)c1C(C)NC(O)N1CCC2(CCn3nc(-c4cnc5ccccc5c4)cc32)C1. The monoisotopic (exact) mass is 471 g/mol. The van der Waals surface area contributed by atoms with Gasteiger partial charge >= 0.3 is 0 Å². The van der Waals surface area contributed by atoms with Crippen LogP contribution in [0, 0.1) is 13.8 Å². The van der Waals surface area contributed by atoms with Crippen molar-refractivity contribution in [2.75, 3.05) is 13.1 Å². The minimum atomic E-state index is -0.704. The predicted molar refractivity (Wildman–Crippen MR) is 136 cm³/mol. The molecule has 0 radical (unpaired) electrons. The van der Waals surface area contributed by atoms with Gasteiger partial charge in [0.15, 0.2) is 6.35 Å². The number of hydrogen-bond acceptors (Lipinski definition) is 6. The Morgan fingerprint density at radius 3 is 2.69 bits per heavy atom. The molecule has 8 heteroatoms. The maximum absolute atomic E-state index is 11.1. The van der Waals surface area contributed by atoms with Crippen molar-refractivity contribution in [2.45, 2.75) is 58.0 Å². The quantitative estimate of drug-likeness (QED) is 0.434. The number of pyridine rings is 1. The average Bonchev–Trinajstić information content (AvgIpc) is 3.59. The van der Waals surface area contributed by atoms with Gasteiger partial charge in [-0.25, -0.2) is 0 Å². The fraction of sp³-hybridized carbons (Fsp3) is 0.444. The number of likely N-dealkylation sites (tertiary alicyclic amines) is 1. The van der Waals surface area contributed by atoms with Crippen molar-refractivity contribution in [3.05, 3.63) is 65.2 Å². The second-order valence-corrected chi connectivity index (χ2v) is 10.3. The summed E-state index contributed by atoms with van der Waals surface area (Å²) in [6.07, 6.45) is 3.30. The number of para-hydroxylation sites is 1. The summed E-state index contributed by atoms with van der Waals surface area (Å²) in [4.78, 5) is 6.79. The second-order valence-electron chi connectivity index (χ2n) is 10.3. The molecule has 0 amide bonds. The number of aliphatic hydroxyl groups is 1. The fourth-order valence-corrected chi connectivity index (χ4v) is 6.17. The third kappa shape index (κ3) is 3.67. The minimum absolute atomic E-state index is 0.0105. The molecular weight excluding hydrogens is 438 g/mol. The van der Waals surface area contributed by atoms with E-state index in [1.807, 2.05) is 43.0 Å². The van der Waals surface area contributed by atoms with Crippen molar-refractivity contribution in [2.24, 2.45) is 7.05 Å². The van der Waals surface area contributed by atoms with Crippen LogP contribution in [-0.2, 0) is 19.0 Å². The maximum atomic E-state index is 11.1. The molecule has 1 spiro atoms. The molecule has 182 valence electrons. The molecule has 2 N–H and O–H groups in total. The van der Waals surface area contributed by atoms with Gasteiger partial charge < -0.3 is 5.11 Å². The largest absolute Gasteiger partial charge is 0.365 e. The summed E-state index contributed by atoms with van der Waals surface area (Å²) in [6, 6.07) is 12.6. The van der Waals surface area contributed by atoms with E-state index in [0.29, 0.717) is 0 Å². The zero-order chi connectivity index (χ0) is 24.3. The van der Waals surface area contributed by atoms with Crippen LogP contribution in [-0.4, -0.2) is 54.0 Å². The van der Waals surface area contributed by atoms with Gasteiger partial charge in [0.05, 0.1) is 16.9 Å². The lowest BCUT2D eigenvalue weighted by atomic mass is 9.82. The Kier molecular flexibility index (Phi) is 5.28. The average molecular weight is 472 g/mol. The number of fused-ring (bicyclic) bond motifs is 3. The molecule has 0 bridgehead atoms. The molecule has 5 heterocycles. The molecule has 0 aliphatic carbocycles. The molecule has 1 saturated heterocycles. The lowest BCUT2D eigenvalue weighted by molar-refractivity contribution is -0.0183. The summed E-state index contributed by atoms with van der Waals surface area (Å²) < 4.78 is 4.07. The van der Waals surface area contributed by atoms with Gasteiger partial charge in [0.25, 0.3) is 0 Å². The van der Waals surface area contributed by atoms with E-state index in [0.717, 1.165) is 71.6 Å². The number of rotatable bonds is 5. The topological polar surface area (TPSA) is 84.0 Å². The molecule has 1 aromatic carbocycles. The first-order chi connectivity index (χ1) is 16.8. The highest BCUT2D eigenvalue weighted by atomic mass is 16.3. The zero-order valence-electron chi connectivity index (χ0n) is 20.9. The van der Waals surface area contributed by atoms with Crippen molar-refractivity contribution < 1.29 is 5.11 Å². The summed E-state index contributed by atoms with van der Waals surface area (Å²) >= 11 is 0. The second kappa shape index (κ2) is 8.26. The van der Waals surface area contributed by atoms with Crippen molar-refractivity contribution in [1.29, 1.82) is 0 Å². The maximum Gasteiger partial charge on any atom is 0.163 e.